The molecule has 0 aliphatic heterocycles. The zero-order chi connectivity index (χ0) is 13.0. The fraction of sp³-hybridized carbons (Fsp3) is 0.600. The standard InChI is InChI=1S/C10H15N5O3/c16-9(17)5-15(4-7-1-2-7)10(18)11-3-8-12-6-13-14-8/h6-7H,1-5H2,(H,11,18)(H,16,17)(H,12,13,14). The Hall–Kier alpha value is -2.12. The van der Waals surface area contributed by atoms with Crippen LogP contribution in [0.2, 0.25) is 0 Å². The molecule has 3 N–H and O–H groups in total. The molecule has 18 heavy (non-hydrogen) atoms. The first-order valence-electron chi connectivity index (χ1n) is 5.74. The molecule has 1 aromatic rings. The molecule has 1 aliphatic carbocycles. The van der Waals surface area contributed by atoms with Gasteiger partial charge in [-0.2, -0.15) is 5.10 Å². The molecular weight excluding hydrogens is 238 g/mol. The van der Waals surface area contributed by atoms with Crippen LogP contribution in [0.15, 0.2) is 6.33 Å². The summed E-state index contributed by atoms with van der Waals surface area (Å²) in [6.07, 6.45) is 3.47. The Labute approximate surface area is 103 Å². The molecule has 8 heteroatoms. The number of nitrogens with zero attached hydrogens (tertiary/aromatic N) is 3. The maximum Gasteiger partial charge on any atom is 0.323 e. The number of carboxylic acid groups (broad SMARTS) is 1. The summed E-state index contributed by atoms with van der Waals surface area (Å²) < 4.78 is 0. The van der Waals surface area contributed by atoms with Crippen LogP contribution in [-0.4, -0.2) is 50.3 Å². The molecule has 1 aromatic heterocycles. The first-order chi connectivity index (χ1) is 8.65. The van der Waals surface area contributed by atoms with Crippen LogP contribution < -0.4 is 5.32 Å². The van der Waals surface area contributed by atoms with Gasteiger partial charge in [-0.25, -0.2) is 9.78 Å². The molecule has 1 aliphatic rings. The van der Waals surface area contributed by atoms with Gasteiger partial charge in [-0.1, -0.05) is 0 Å². The van der Waals surface area contributed by atoms with E-state index in [4.69, 9.17) is 5.11 Å². The lowest BCUT2D eigenvalue weighted by molar-refractivity contribution is -0.137. The summed E-state index contributed by atoms with van der Waals surface area (Å²) >= 11 is 0. The topological polar surface area (TPSA) is 111 Å². The Morgan fingerprint density at radius 1 is 1.56 bits per heavy atom. The largest absolute Gasteiger partial charge is 0.480 e. The number of urea groups is 1. The van der Waals surface area contributed by atoms with E-state index in [0.29, 0.717) is 18.3 Å². The number of carbonyl (C=O) groups is 2. The van der Waals surface area contributed by atoms with Gasteiger partial charge in [0.15, 0.2) is 0 Å². The second kappa shape index (κ2) is 5.48. The van der Waals surface area contributed by atoms with Crippen molar-refractivity contribution >= 4 is 12.0 Å². The number of aromatic amines is 1. The van der Waals surface area contributed by atoms with Crippen molar-refractivity contribution in [3.8, 4) is 0 Å². The molecule has 8 nitrogen and oxygen atoms in total. The Kier molecular flexibility index (Phi) is 3.75. The second-order valence-electron chi connectivity index (χ2n) is 4.31. The van der Waals surface area contributed by atoms with Crippen LogP contribution in [0.3, 0.4) is 0 Å². The number of rotatable bonds is 6. The van der Waals surface area contributed by atoms with E-state index in [1.165, 1.54) is 11.2 Å². The zero-order valence-corrected chi connectivity index (χ0v) is 9.80. The van der Waals surface area contributed by atoms with Crippen LogP contribution >= 0.6 is 0 Å². The lowest BCUT2D eigenvalue weighted by atomic mass is 10.3. The predicted octanol–water partition coefficient (Wildman–Crippen LogP) is -0.189. The molecule has 98 valence electrons. The maximum atomic E-state index is 11.8. The minimum absolute atomic E-state index is 0.208. The monoisotopic (exact) mass is 253 g/mol. The lowest BCUT2D eigenvalue weighted by Crippen LogP contribution is -2.43. The highest BCUT2D eigenvalue weighted by Crippen LogP contribution is 2.29. The molecule has 1 heterocycles. The number of aliphatic carboxylic acids is 1. The number of hydrogen-bond donors (Lipinski definition) is 3. The molecule has 0 bridgehead atoms. The highest BCUT2D eigenvalue weighted by molar-refractivity contribution is 5.80. The first kappa shape index (κ1) is 12.3. The number of aromatic nitrogens is 3. The second-order valence-corrected chi connectivity index (χ2v) is 4.31. The van der Waals surface area contributed by atoms with Crippen molar-refractivity contribution in [1.82, 2.24) is 25.4 Å². The molecule has 0 aromatic carbocycles. The van der Waals surface area contributed by atoms with Crippen LogP contribution in [0.5, 0.6) is 0 Å². The van der Waals surface area contributed by atoms with Gasteiger partial charge in [0.25, 0.3) is 0 Å². The lowest BCUT2D eigenvalue weighted by Gasteiger charge is -2.20. The Bertz CT molecular complexity index is 415. The van der Waals surface area contributed by atoms with Gasteiger partial charge in [0.2, 0.25) is 0 Å². The number of amides is 2. The van der Waals surface area contributed by atoms with Crippen LogP contribution in [0.4, 0.5) is 4.79 Å². The Morgan fingerprint density at radius 2 is 2.33 bits per heavy atom. The summed E-state index contributed by atoms with van der Waals surface area (Å²) in [5.74, 6) is -0.0316. The van der Waals surface area contributed by atoms with Gasteiger partial charge in [0.1, 0.15) is 18.7 Å². The van der Waals surface area contributed by atoms with Gasteiger partial charge in [0, 0.05) is 6.54 Å². The van der Waals surface area contributed by atoms with E-state index in [1.54, 1.807) is 0 Å². The third kappa shape index (κ3) is 3.72. The third-order valence-electron chi connectivity index (χ3n) is 2.66. The molecule has 0 radical (unpaired) electrons. The van der Waals surface area contributed by atoms with Crippen molar-refractivity contribution in [3.63, 3.8) is 0 Å². The number of carbonyl (C=O) groups excluding carboxylic acids is 1. The smallest absolute Gasteiger partial charge is 0.323 e. The van der Waals surface area contributed by atoms with Crippen molar-refractivity contribution < 1.29 is 14.7 Å². The quantitative estimate of drug-likeness (QED) is 0.650. The van der Waals surface area contributed by atoms with Crippen LogP contribution in [0.25, 0.3) is 0 Å². The van der Waals surface area contributed by atoms with Crippen molar-refractivity contribution in [3.05, 3.63) is 12.2 Å². The van der Waals surface area contributed by atoms with Gasteiger partial charge in [-0.05, 0) is 18.8 Å². The van der Waals surface area contributed by atoms with Gasteiger partial charge in [-0.15, -0.1) is 0 Å². The molecule has 1 saturated carbocycles. The van der Waals surface area contributed by atoms with Gasteiger partial charge in [0.05, 0.1) is 6.54 Å². The van der Waals surface area contributed by atoms with E-state index in [9.17, 15) is 9.59 Å². The first-order valence-corrected chi connectivity index (χ1v) is 5.74. The van der Waals surface area contributed by atoms with Crippen LogP contribution in [0, 0.1) is 5.92 Å². The highest BCUT2D eigenvalue weighted by Gasteiger charge is 2.27. The van der Waals surface area contributed by atoms with Crippen LogP contribution in [0.1, 0.15) is 18.7 Å². The SMILES string of the molecule is O=C(O)CN(CC1CC1)C(=O)NCc1ncn[nH]1. The predicted molar refractivity (Wildman–Crippen MR) is 60.6 cm³/mol. The minimum Gasteiger partial charge on any atom is -0.480 e. The molecule has 0 unspecified atom stereocenters. The van der Waals surface area contributed by atoms with E-state index >= 15 is 0 Å². The number of carboxylic acids is 1. The van der Waals surface area contributed by atoms with E-state index in [-0.39, 0.29) is 19.1 Å². The number of nitrogens with one attached hydrogen (secondary N) is 2. The molecule has 0 atom stereocenters. The minimum atomic E-state index is -1.01. The molecule has 2 rings (SSSR count). The summed E-state index contributed by atoms with van der Waals surface area (Å²) in [5, 5.41) is 17.7. The third-order valence-corrected chi connectivity index (χ3v) is 2.66. The fourth-order valence-corrected chi connectivity index (χ4v) is 1.58. The van der Waals surface area contributed by atoms with Crippen molar-refractivity contribution in [2.75, 3.05) is 13.1 Å². The highest BCUT2D eigenvalue weighted by atomic mass is 16.4. The summed E-state index contributed by atoms with van der Waals surface area (Å²) in [7, 11) is 0. The van der Waals surface area contributed by atoms with Crippen LogP contribution in [-0.2, 0) is 11.3 Å². The van der Waals surface area contributed by atoms with Crippen molar-refractivity contribution in [2.45, 2.75) is 19.4 Å². The maximum absolute atomic E-state index is 11.8. The van der Waals surface area contributed by atoms with Gasteiger partial charge < -0.3 is 15.3 Å². The summed E-state index contributed by atoms with van der Waals surface area (Å²) in [6, 6.07) is -0.388. The van der Waals surface area contributed by atoms with Gasteiger partial charge >= 0.3 is 12.0 Å². The number of hydrogen-bond acceptors (Lipinski definition) is 4. The fourth-order valence-electron chi connectivity index (χ4n) is 1.58. The Balaban J connectivity index is 1.83. The summed E-state index contributed by atoms with van der Waals surface area (Å²) in [4.78, 5) is 27.7. The van der Waals surface area contributed by atoms with E-state index in [0.717, 1.165) is 12.8 Å². The average Bonchev–Trinajstić information content (AvgIpc) is 2.98. The van der Waals surface area contributed by atoms with E-state index < -0.39 is 5.97 Å². The van der Waals surface area contributed by atoms with E-state index in [2.05, 4.69) is 20.5 Å². The van der Waals surface area contributed by atoms with Crippen molar-refractivity contribution in [2.24, 2.45) is 5.92 Å². The molecule has 0 spiro atoms. The molecule has 2 amide bonds. The average molecular weight is 253 g/mol. The molecular formula is C10H15N5O3. The number of H-pyrrole nitrogens is 1. The van der Waals surface area contributed by atoms with E-state index in [1.807, 2.05) is 0 Å². The molecule has 0 saturated heterocycles. The summed E-state index contributed by atoms with van der Waals surface area (Å²) in [5.41, 5.74) is 0. The summed E-state index contributed by atoms with van der Waals surface area (Å²) in [6.45, 7) is 0.424. The zero-order valence-electron chi connectivity index (χ0n) is 9.80. The normalized spacial score (nSPS) is 14.2. The van der Waals surface area contributed by atoms with Gasteiger partial charge in [-0.3, -0.25) is 9.89 Å². The van der Waals surface area contributed by atoms with Crippen molar-refractivity contribution in [1.29, 1.82) is 0 Å². The Morgan fingerprint density at radius 3 is 2.89 bits per heavy atom. The molecule has 1 fully saturated rings.